The van der Waals surface area contributed by atoms with Crippen molar-refractivity contribution in [3.63, 3.8) is 0 Å². The van der Waals surface area contributed by atoms with Gasteiger partial charge in [0.05, 0.1) is 18.4 Å². The van der Waals surface area contributed by atoms with E-state index in [0.717, 1.165) is 11.8 Å². The van der Waals surface area contributed by atoms with Gasteiger partial charge in [0.1, 0.15) is 11.5 Å². The van der Waals surface area contributed by atoms with E-state index in [0.29, 0.717) is 23.6 Å². The van der Waals surface area contributed by atoms with Gasteiger partial charge in [-0.25, -0.2) is 0 Å². The van der Waals surface area contributed by atoms with Crippen molar-refractivity contribution in [1.29, 1.82) is 0 Å². The van der Waals surface area contributed by atoms with E-state index in [-0.39, 0.29) is 5.91 Å². The number of amides is 1. The molecule has 1 atom stereocenters. The average molecular weight is 287 g/mol. The Morgan fingerprint density at radius 1 is 1.43 bits per heavy atom. The Morgan fingerprint density at radius 3 is 2.90 bits per heavy atom. The van der Waals surface area contributed by atoms with E-state index in [1.54, 1.807) is 37.5 Å². The Kier molecular flexibility index (Phi) is 4.77. The third kappa shape index (κ3) is 3.95. The molecule has 0 spiro atoms. The maximum absolute atomic E-state index is 11.9. The maximum Gasteiger partial charge on any atom is 0.261 e. The number of ether oxygens (including phenoxy) is 1. The van der Waals surface area contributed by atoms with E-state index in [9.17, 15) is 9.59 Å². The standard InChI is InChI=1S/C16H17NO4/c1-11-5-6-15(13(8-11)10-18)21-12(2)16(19)17-9-14-4-3-7-20-14/h3-8,10,12H,9H2,1-2H3,(H,17,19). The van der Waals surface area contributed by atoms with Crippen LogP contribution in [-0.4, -0.2) is 18.3 Å². The molecule has 0 saturated carbocycles. The molecule has 5 nitrogen and oxygen atoms in total. The molecule has 0 bridgehead atoms. The molecule has 1 aromatic carbocycles. The molecule has 0 fully saturated rings. The first-order valence-corrected chi connectivity index (χ1v) is 6.62. The van der Waals surface area contributed by atoms with Crippen molar-refractivity contribution in [2.75, 3.05) is 0 Å². The highest BCUT2D eigenvalue weighted by Gasteiger charge is 2.16. The van der Waals surface area contributed by atoms with Gasteiger partial charge in [-0.15, -0.1) is 0 Å². The van der Waals surface area contributed by atoms with Crippen LogP contribution in [-0.2, 0) is 11.3 Å². The Balaban J connectivity index is 1.95. The highest BCUT2D eigenvalue weighted by atomic mass is 16.5. The third-order valence-electron chi connectivity index (χ3n) is 2.98. The largest absolute Gasteiger partial charge is 0.480 e. The Hall–Kier alpha value is -2.56. The Labute approximate surface area is 122 Å². The molecule has 0 aliphatic rings. The third-order valence-corrected chi connectivity index (χ3v) is 2.98. The van der Waals surface area contributed by atoms with Crippen LogP contribution in [0.2, 0.25) is 0 Å². The van der Waals surface area contributed by atoms with Gasteiger partial charge >= 0.3 is 0 Å². The molecule has 1 unspecified atom stereocenters. The second kappa shape index (κ2) is 6.74. The molecule has 0 aliphatic carbocycles. The van der Waals surface area contributed by atoms with Crippen LogP contribution in [0.15, 0.2) is 41.0 Å². The van der Waals surface area contributed by atoms with Gasteiger partial charge in [0.25, 0.3) is 5.91 Å². The quantitative estimate of drug-likeness (QED) is 0.829. The number of nitrogens with one attached hydrogen (secondary N) is 1. The summed E-state index contributed by atoms with van der Waals surface area (Å²) in [4.78, 5) is 23.0. The minimum atomic E-state index is -0.707. The summed E-state index contributed by atoms with van der Waals surface area (Å²) < 4.78 is 10.7. The first-order valence-electron chi connectivity index (χ1n) is 6.62. The van der Waals surface area contributed by atoms with Gasteiger partial charge < -0.3 is 14.5 Å². The fraction of sp³-hybridized carbons (Fsp3) is 0.250. The van der Waals surface area contributed by atoms with Crippen molar-refractivity contribution in [3.8, 4) is 5.75 Å². The lowest BCUT2D eigenvalue weighted by molar-refractivity contribution is -0.127. The number of carbonyl (C=O) groups is 2. The molecular formula is C16H17NO4. The molecule has 0 radical (unpaired) electrons. The van der Waals surface area contributed by atoms with Crippen LogP contribution < -0.4 is 10.1 Å². The molecule has 1 N–H and O–H groups in total. The number of furan rings is 1. The smallest absolute Gasteiger partial charge is 0.261 e. The number of benzene rings is 1. The van der Waals surface area contributed by atoms with Crippen LogP contribution in [0, 0.1) is 6.92 Å². The first kappa shape index (κ1) is 14.8. The van der Waals surface area contributed by atoms with Crippen LogP contribution in [0.3, 0.4) is 0 Å². The molecule has 5 heteroatoms. The fourth-order valence-electron chi connectivity index (χ4n) is 1.84. The normalized spacial score (nSPS) is 11.7. The molecule has 1 aromatic heterocycles. The van der Waals surface area contributed by atoms with Crippen LogP contribution >= 0.6 is 0 Å². The summed E-state index contributed by atoms with van der Waals surface area (Å²) in [6, 6.07) is 8.77. The summed E-state index contributed by atoms with van der Waals surface area (Å²) in [7, 11) is 0. The minimum Gasteiger partial charge on any atom is -0.480 e. The van der Waals surface area contributed by atoms with Crippen LogP contribution in [0.1, 0.15) is 28.6 Å². The number of hydrogen-bond donors (Lipinski definition) is 1. The zero-order valence-electron chi connectivity index (χ0n) is 12.0. The van der Waals surface area contributed by atoms with Gasteiger partial charge in [0, 0.05) is 0 Å². The van der Waals surface area contributed by atoms with Gasteiger partial charge in [-0.3, -0.25) is 9.59 Å². The van der Waals surface area contributed by atoms with E-state index >= 15 is 0 Å². The second-order valence-electron chi connectivity index (χ2n) is 4.72. The van der Waals surface area contributed by atoms with Crippen LogP contribution in [0.4, 0.5) is 0 Å². The predicted molar refractivity (Wildman–Crippen MR) is 77.2 cm³/mol. The van der Waals surface area contributed by atoms with Gasteiger partial charge in [0.2, 0.25) is 0 Å². The molecule has 21 heavy (non-hydrogen) atoms. The zero-order valence-corrected chi connectivity index (χ0v) is 12.0. The average Bonchev–Trinajstić information content (AvgIpc) is 2.99. The number of rotatable bonds is 6. The van der Waals surface area contributed by atoms with Crippen molar-refractivity contribution in [1.82, 2.24) is 5.32 Å². The molecule has 0 saturated heterocycles. The van der Waals surface area contributed by atoms with Crippen molar-refractivity contribution in [3.05, 3.63) is 53.5 Å². The number of aryl methyl sites for hydroxylation is 1. The summed E-state index contributed by atoms with van der Waals surface area (Å²) >= 11 is 0. The fourth-order valence-corrected chi connectivity index (χ4v) is 1.84. The Bertz CT molecular complexity index is 619. The van der Waals surface area contributed by atoms with Crippen LogP contribution in [0.25, 0.3) is 0 Å². The monoisotopic (exact) mass is 287 g/mol. The molecule has 1 heterocycles. The van der Waals surface area contributed by atoms with Crippen molar-refractivity contribution >= 4 is 12.2 Å². The predicted octanol–water partition coefficient (Wildman–Crippen LogP) is 2.48. The van der Waals surface area contributed by atoms with Crippen LogP contribution in [0.5, 0.6) is 5.75 Å². The summed E-state index contributed by atoms with van der Waals surface area (Å²) in [5, 5.41) is 2.71. The maximum atomic E-state index is 11.9. The van der Waals surface area contributed by atoms with Gasteiger partial charge in [0.15, 0.2) is 12.4 Å². The molecular weight excluding hydrogens is 270 g/mol. The lowest BCUT2D eigenvalue weighted by Crippen LogP contribution is -2.36. The summed E-state index contributed by atoms with van der Waals surface area (Å²) in [5.41, 5.74) is 1.39. The van der Waals surface area contributed by atoms with Crippen molar-refractivity contribution in [2.45, 2.75) is 26.5 Å². The van der Waals surface area contributed by atoms with E-state index in [4.69, 9.17) is 9.15 Å². The molecule has 2 aromatic rings. The SMILES string of the molecule is Cc1ccc(OC(C)C(=O)NCc2ccco2)c(C=O)c1. The zero-order chi connectivity index (χ0) is 15.2. The summed E-state index contributed by atoms with van der Waals surface area (Å²) in [6.07, 6.45) is 1.56. The minimum absolute atomic E-state index is 0.274. The Morgan fingerprint density at radius 2 is 2.24 bits per heavy atom. The number of aldehydes is 1. The molecule has 0 aliphatic heterocycles. The highest BCUT2D eigenvalue weighted by molar-refractivity contribution is 5.82. The first-order chi connectivity index (χ1) is 10.1. The van der Waals surface area contributed by atoms with E-state index in [2.05, 4.69) is 5.32 Å². The molecule has 1 amide bonds. The number of carbonyl (C=O) groups excluding carboxylic acids is 2. The topological polar surface area (TPSA) is 68.5 Å². The van der Waals surface area contributed by atoms with E-state index in [1.165, 1.54) is 0 Å². The van der Waals surface area contributed by atoms with Gasteiger partial charge in [-0.2, -0.15) is 0 Å². The highest BCUT2D eigenvalue weighted by Crippen LogP contribution is 2.19. The lowest BCUT2D eigenvalue weighted by atomic mass is 10.1. The van der Waals surface area contributed by atoms with E-state index < -0.39 is 6.10 Å². The van der Waals surface area contributed by atoms with Crippen molar-refractivity contribution in [2.24, 2.45) is 0 Å². The van der Waals surface area contributed by atoms with Crippen molar-refractivity contribution < 1.29 is 18.7 Å². The van der Waals surface area contributed by atoms with Gasteiger partial charge in [-0.1, -0.05) is 11.6 Å². The molecule has 2 rings (SSSR count). The lowest BCUT2D eigenvalue weighted by Gasteiger charge is -2.15. The van der Waals surface area contributed by atoms with Gasteiger partial charge in [-0.05, 0) is 38.1 Å². The summed E-state index contributed by atoms with van der Waals surface area (Å²) in [5.74, 6) is 0.791. The number of hydrogen-bond acceptors (Lipinski definition) is 4. The second-order valence-corrected chi connectivity index (χ2v) is 4.72. The molecule has 110 valence electrons. The summed E-state index contributed by atoms with van der Waals surface area (Å²) in [6.45, 7) is 3.82. The van der Waals surface area contributed by atoms with E-state index in [1.807, 2.05) is 13.0 Å².